The van der Waals surface area contributed by atoms with E-state index in [9.17, 15) is 0 Å². The largest absolute Gasteiger partial charge is 0.313 e. The number of nitrogens with zero attached hydrogens (tertiary/aromatic N) is 2. The van der Waals surface area contributed by atoms with Gasteiger partial charge in [-0.2, -0.15) is 0 Å². The van der Waals surface area contributed by atoms with Crippen molar-refractivity contribution in [2.45, 2.75) is 26.8 Å². The Bertz CT molecular complexity index is 596. The van der Waals surface area contributed by atoms with E-state index in [0.717, 1.165) is 27.1 Å². The van der Waals surface area contributed by atoms with E-state index in [0.29, 0.717) is 0 Å². The maximum Gasteiger partial charge on any atom is 0.159 e. The zero-order valence-corrected chi connectivity index (χ0v) is 13.2. The molecule has 1 N–H and O–H groups in total. The molecule has 3 nitrogen and oxygen atoms in total. The molecule has 1 heterocycles. The second-order valence-electron chi connectivity index (χ2n) is 4.71. The molecule has 100 valence electrons. The molecule has 1 aromatic carbocycles. The highest BCUT2D eigenvalue weighted by Crippen LogP contribution is 2.24. The first-order chi connectivity index (χ1) is 9.02. The second-order valence-corrected chi connectivity index (χ2v) is 5.56. The molecule has 0 fully saturated rings. The third-order valence-electron chi connectivity index (χ3n) is 3.35. The monoisotopic (exact) mass is 319 g/mol. The van der Waals surface area contributed by atoms with Crippen LogP contribution < -0.4 is 5.32 Å². The van der Waals surface area contributed by atoms with Gasteiger partial charge in [-0.3, -0.25) is 0 Å². The third-order valence-corrected chi connectivity index (χ3v) is 4.20. The van der Waals surface area contributed by atoms with Crippen LogP contribution in [-0.2, 0) is 0 Å². The molecule has 2 rings (SSSR count). The molecule has 1 atom stereocenters. The van der Waals surface area contributed by atoms with Crippen LogP contribution in [0.15, 0.2) is 28.9 Å². The van der Waals surface area contributed by atoms with Gasteiger partial charge in [0.1, 0.15) is 0 Å². The number of rotatable bonds is 3. The number of halogens is 1. The molecule has 2 aromatic rings. The summed E-state index contributed by atoms with van der Waals surface area (Å²) >= 11 is 3.55. The predicted molar refractivity (Wildman–Crippen MR) is 82.1 cm³/mol. The van der Waals surface area contributed by atoms with E-state index >= 15 is 0 Å². The fourth-order valence-electron chi connectivity index (χ4n) is 1.93. The van der Waals surface area contributed by atoms with Crippen molar-refractivity contribution in [1.82, 2.24) is 15.3 Å². The minimum atomic E-state index is 0.263. The van der Waals surface area contributed by atoms with E-state index in [1.54, 1.807) is 0 Å². The highest BCUT2D eigenvalue weighted by Gasteiger charge is 2.10. The van der Waals surface area contributed by atoms with Gasteiger partial charge >= 0.3 is 0 Å². The van der Waals surface area contributed by atoms with Crippen molar-refractivity contribution in [3.05, 3.63) is 45.7 Å². The Morgan fingerprint density at radius 2 is 2.00 bits per heavy atom. The Labute approximate surface area is 122 Å². The number of benzene rings is 1. The first-order valence-electron chi connectivity index (χ1n) is 6.30. The molecular formula is C15H18BrN3. The van der Waals surface area contributed by atoms with Crippen LogP contribution in [0.4, 0.5) is 0 Å². The van der Waals surface area contributed by atoms with Gasteiger partial charge in [0.2, 0.25) is 0 Å². The number of hydrogen-bond acceptors (Lipinski definition) is 3. The molecule has 0 spiro atoms. The Balaban J connectivity index is 2.41. The fraction of sp³-hybridized carbons (Fsp3) is 0.333. The lowest BCUT2D eigenvalue weighted by atomic mass is 10.1. The lowest BCUT2D eigenvalue weighted by molar-refractivity contribution is 0.641. The highest BCUT2D eigenvalue weighted by atomic mass is 79.9. The van der Waals surface area contributed by atoms with Crippen molar-refractivity contribution in [3.8, 4) is 11.4 Å². The van der Waals surface area contributed by atoms with Crippen molar-refractivity contribution >= 4 is 15.9 Å². The molecule has 0 amide bonds. The van der Waals surface area contributed by atoms with E-state index in [-0.39, 0.29) is 6.04 Å². The smallest absolute Gasteiger partial charge is 0.159 e. The Morgan fingerprint density at radius 3 is 2.58 bits per heavy atom. The SMILES string of the molecule is CNC(C)c1cnc(-c2ccc(C)c(Br)c2)nc1C. The minimum absolute atomic E-state index is 0.263. The molecule has 0 bridgehead atoms. The van der Waals surface area contributed by atoms with Gasteiger partial charge in [0.25, 0.3) is 0 Å². The van der Waals surface area contributed by atoms with Gasteiger partial charge in [-0.25, -0.2) is 9.97 Å². The summed E-state index contributed by atoms with van der Waals surface area (Å²) in [5, 5.41) is 3.21. The standard InChI is InChI=1S/C15H18BrN3/c1-9-5-6-12(7-14(9)16)15-18-8-13(10(2)17-4)11(3)19-15/h5-8,10,17H,1-4H3. The summed E-state index contributed by atoms with van der Waals surface area (Å²) in [7, 11) is 1.94. The van der Waals surface area contributed by atoms with Crippen molar-refractivity contribution in [3.63, 3.8) is 0 Å². The first kappa shape index (κ1) is 14.2. The van der Waals surface area contributed by atoms with Crippen LogP contribution in [-0.4, -0.2) is 17.0 Å². The topological polar surface area (TPSA) is 37.8 Å². The van der Waals surface area contributed by atoms with Gasteiger partial charge in [0, 0.05) is 33.5 Å². The summed E-state index contributed by atoms with van der Waals surface area (Å²) in [5.74, 6) is 0.769. The molecule has 0 aliphatic carbocycles. The van der Waals surface area contributed by atoms with Crippen LogP contribution in [0.25, 0.3) is 11.4 Å². The normalized spacial score (nSPS) is 12.5. The van der Waals surface area contributed by atoms with Gasteiger partial charge in [-0.15, -0.1) is 0 Å². The van der Waals surface area contributed by atoms with Crippen LogP contribution >= 0.6 is 15.9 Å². The Hall–Kier alpha value is -1.26. The van der Waals surface area contributed by atoms with Gasteiger partial charge in [-0.1, -0.05) is 28.1 Å². The van der Waals surface area contributed by atoms with E-state index in [4.69, 9.17) is 0 Å². The van der Waals surface area contributed by atoms with Crippen LogP contribution in [0, 0.1) is 13.8 Å². The molecule has 0 radical (unpaired) electrons. The van der Waals surface area contributed by atoms with E-state index in [1.807, 2.05) is 20.2 Å². The van der Waals surface area contributed by atoms with Crippen LogP contribution in [0.2, 0.25) is 0 Å². The number of aryl methyl sites for hydroxylation is 2. The molecule has 0 aliphatic rings. The average molecular weight is 320 g/mol. The zero-order chi connectivity index (χ0) is 14.0. The summed E-state index contributed by atoms with van der Waals surface area (Å²) < 4.78 is 1.08. The van der Waals surface area contributed by atoms with Gasteiger partial charge in [-0.05, 0) is 39.4 Å². The lowest BCUT2D eigenvalue weighted by Gasteiger charge is -2.13. The summed E-state index contributed by atoms with van der Waals surface area (Å²) in [5.41, 5.74) is 4.39. The number of aromatic nitrogens is 2. The second kappa shape index (κ2) is 5.80. The zero-order valence-electron chi connectivity index (χ0n) is 11.7. The molecule has 19 heavy (non-hydrogen) atoms. The molecule has 0 saturated heterocycles. The van der Waals surface area contributed by atoms with E-state index in [1.165, 1.54) is 5.56 Å². The first-order valence-corrected chi connectivity index (χ1v) is 7.09. The lowest BCUT2D eigenvalue weighted by Crippen LogP contribution is -2.14. The van der Waals surface area contributed by atoms with Gasteiger partial charge in [0.15, 0.2) is 5.82 Å². The molecule has 0 saturated carbocycles. The molecule has 1 aromatic heterocycles. The molecule has 4 heteroatoms. The highest BCUT2D eigenvalue weighted by molar-refractivity contribution is 9.10. The Morgan fingerprint density at radius 1 is 1.26 bits per heavy atom. The van der Waals surface area contributed by atoms with Crippen molar-refractivity contribution in [1.29, 1.82) is 0 Å². The fourth-order valence-corrected chi connectivity index (χ4v) is 2.31. The average Bonchev–Trinajstić information content (AvgIpc) is 2.41. The van der Waals surface area contributed by atoms with Crippen molar-refractivity contribution < 1.29 is 0 Å². The molecule has 0 aliphatic heterocycles. The minimum Gasteiger partial charge on any atom is -0.313 e. The van der Waals surface area contributed by atoms with Gasteiger partial charge < -0.3 is 5.32 Å². The van der Waals surface area contributed by atoms with E-state index < -0.39 is 0 Å². The summed E-state index contributed by atoms with van der Waals surface area (Å²) in [6.07, 6.45) is 1.91. The van der Waals surface area contributed by atoms with Crippen molar-refractivity contribution in [2.24, 2.45) is 0 Å². The Kier molecular flexibility index (Phi) is 4.32. The van der Waals surface area contributed by atoms with Crippen molar-refractivity contribution in [2.75, 3.05) is 7.05 Å². The maximum atomic E-state index is 4.61. The third kappa shape index (κ3) is 3.01. The van der Waals surface area contributed by atoms with Crippen LogP contribution in [0.3, 0.4) is 0 Å². The number of nitrogens with one attached hydrogen (secondary N) is 1. The van der Waals surface area contributed by atoms with Gasteiger partial charge in [0.05, 0.1) is 0 Å². The number of hydrogen-bond donors (Lipinski definition) is 1. The predicted octanol–water partition coefficient (Wildman–Crippen LogP) is 3.80. The van der Waals surface area contributed by atoms with E-state index in [2.05, 4.69) is 63.3 Å². The summed E-state index contributed by atoms with van der Waals surface area (Å²) in [6, 6.07) is 6.45. The summed E-state index contributed by atoms with van der Waals surface area (Å²) in [6.45, 7) is 6.20. The van der Waals surface area contributed by atoms with Crippen LogP contribution in [0.5, 0.6) is 0 Å². The molecule has 1 unspecified atom stereocenters. The quantitative estimate of drug-likeness (QED) is 0.935. The summed E-state index contributed by atoms with van der Waals surface area (Å²) in [4.78, 5) is 9.09. The van der Waals surface area contributed by atoms with Crippen LogP contribution in [0.1, 0.15) is 29.8 Å². The molecular weight excluding hydrogens is 302 g/mol. The maximum absolute atomic E-state index is 4.61.